The molecular formula is C15H24N2O4. The first-order valence-corrected chi connectivity index (χ1v) is 7.32. The molecule has 118 valence electrons. The van der Waals surface area contributed by atoms with Gasteiger partial charge in [-0.3, -0.25) is 10.1 Å². The summed E-state index contributed by atoms with van der Waals surface area (Å²) in [4.78, 5) is 10.8. The van der Waals surface area contributed by atoms with Crippen LogP contribution in [0.25, 0.3) is 0 Å². The molecule has 0 saturated heterocycles. The van der Waals surface area contributed by atoms with Crippen LogP contribution < -0.4 is 15.2 Å². The van der Waals surface area contributed by atoms with Crippen LogP contribution in [0.5, 0.6) is 11.5 Å². The zero-order valence-electron chi connectivity index (χ0n) is 12.9. The van der Waals surface area contributed by atoms with Crippen molar-refractivity contribution in [2.24, 2.45) is 5.73 Å². The summed E-state index contributed by atoms with van der Waals surface area (Å²) in [5.74, 6) is 0.646. The number of hydrogen-bond acceptors (Lipinski definition) is 5. The standard InChI is InChI=1S/C15H24N2O4/c1-4-8-21-15-13(17(18)19)9-12(7-6-11(3)16)10-14(15)20-5-2/h9-11H,4-8,16H2,1-3H3. The first-order chi connectivity index (χ1) is 9.99. The molecule has 0 heterocycles. The van der Waals surface area contributed by atoms with Crippen LogP contribution in [0.4, 0.5) is 5.69 Å². The van der Waals surface area contributed by atoms with E-state index in [0.717, 1.165) is 18.4 Å². The molecule has 0 aliphatic heterocycles. The number of nitro groups is 1. The highest BCUT2D eigenvalue weighted by Crippen LogP contribution is 2.39. The van der Waals surface area contributed by atoms with Gasteiger partial charge >= 0.3 is 5.69 Å². The highest BCUT2D eigenvalue weighted by Gasteiger charge is 2.22. The number of benzene rings is 1. The molecule has 1 aromatic rings. The van der Waals surface area contributed by atoms with Crippen LogP contribution in [0.15, 0.2) is 12.1 Å². The lowest BCUT2D eigenvalue weighted by Crippen LogP contribution is -2.15. The van der Waals surface area contributed by atoms with Crippen LogP contribution in [-0.2, 0) is 6.42 Å². The first kappa shape index (κ1) is 17.2. The molecular weight excluding hydrogens is 272 g/mol. The third kappa shape index (κ3) is 5.23. The Morgan fingerprint density at radius 1 is 1.33 bits per heavy atom. The summed E-state index contributed by atoms with van der Waals surface area (Å²) in [6.45, 7) is 6.54. The predicted octanol–water partition coefficient (Wildman–Crippen LogP) is 3.06. The maximum absolute atomic E-state index is 11.3. The Hall–Kier alpha value is -1.82. The van der Waals surface area contributed by atoms with E-state index < -0.39 is 4.92 Å². The lowest BCUT2D eigenvalue weighted by atomic mass is 10.0. The van der Waals surface area contributed by atoms with Crippen molar-refractivity contribution >= 4 is 5.69 Å². The number of ether oxygens (including phenoxy) is 2. The first-order valence-electron chi connectivity index (χ1n) is 7.32. The second-order valence-electron chi connectivity index (χ2n) is 5.00. The average molecular weight is 296 g/mol. The van der Waals surface area contributed by atoms with Crippen LogP contribution in [-0.4, -0.2) is 24.2 Å². The van der Waals surface area contributed by atoms with Gasteiger partial charge in [0.25, 0.3) is 0 Å². The highest BCUT2D eigenvalue weighted by molar-refractivity contribution is 5.58. The summed E-state index contributed by atoms with van der Waals surface area (Å²) < 4.78 is 11.0. The van der Waals surface area contributed by atoms with Gasteiger partial charge in [0.15, 0.2) is 5.75 Å². The minimum Gasteiger partial charge on any atom is -0.490 e. The maximum atomic E-state index is 11.3. The van der Waals surface area contributed by atoms with E-state index in [1.54, 1.807) is 6.07 Å². The fourth-order valence-electron chi connectivity index (χ4n) is 1.93. The van der Waals surface area contributed by atoms with Crippen LogP contribution in [0.3, 0.4) is 0 Å². The molecule has 0 radical (unpaired) electrons. The molecule has 0 fully saturated rings. The third-order valence-corrected chi connectivity index (χ3v) is 2.93. The van der Waals surface area contributed by atoms with Gasteiger partial charge in [0, 0.05) is 12.1 Å². The van der Waals surface area contributed by atoms with Crippen LogP contribution in [0.1, 0.15) is 39.2 Å². The van der Waals surface area contributed by atoms with E-state index in [1.165, 1.54) is 0 Å². The molecule has 0 bridgehead atoms. The summed E-state index contributed by atoms with van der Waals surface area (Å²) in [7, 11) is 0. The van der Waals surface area contributed by atoms with E-state index in [-0.39, 0.29) is 17.5 Å². The molecule has 1 rings (SSSR count). The number of nitrogens with zero attached hydrogens (tertiary/aromatic N) is 1. The smallest absolute Gasteiger partial charge is 0.315 e. The molecule has 1 unspecified atom stereocenters. The van der Waals surface area contributed by atoms with Gasteiger partial charge in [-0.05, 0) is 44.7 Å². The van der Waals surface area contributed by atoms with Crippen molar-refractivity contribution in [2.45, 2.75) is 46.1 Å². The van der Waals surface area contributed by atoms with Crippen molar-refractivity contribution in [3.8, 4) is 11.5 Å². The summed E-state index contributed by atoms with van der Waals surface area (Å²) in [6, 6.07) is 3.41. The zero-order valence-corrected chi connectivity index (χ0v) is 12.9. The Morgan fingerprint density at radius 3 is 2.57 bits per heavy atom. The Morgan fingerprint density at radius 2 is 2.05 bits per heavy atom. The molecule has 1 aromatic carbocycles. The minimum atomic E-state index is -0.428. The van der Waals surface area contributed by atoms with Gasteiger partial charge in [-0.25, -0.2) is 0 Å². The SMILES string of the molecule is CCCOc1c(OCC)cc(CCC(C)N)cc1[N+](=O)[O-]. The van der Waals surface area contributed by atoms with Gasteiger partial charge < -0.3 is 15.2 Å². The summed E-state index contributed by atoms with van der Waals surface area (Å²) in [6.07, 6.45) is 2.21. The van der Waals surface area contributed by atoms with Gasteiger partial charge in [0.05, 0.1) is 18.1 Å². The summed E-state index contributed by atoms with van der Waals surface area (Å²) >= 11 is 0. The molecule has 0 spiro atoms. The molecule has 6 nitrogen and oxygen atoms in total. The van der Waals surface area contributed by atoms with Gasteiger partial charge in [-0.15, -0.1) is 0 Å². The van der Waals surface area contributed by atoms with Crippen molar-refractivity contribution in [2.75, 3.05) is 13.2 Å². The molecule has 0 aliphatic carbocycles. The summed E-state index contributed by atoms with van der Waals surface area (Å²) in [5, 5.41) is 11.3. The Labute approximate surface area is 125 Å². The molecule has 0 aromatic heterocycles. The zero-order chi connectivity index (χ0) is 15.8. The van der Waals surface area contributed by atoms with E-state index in [9.17, 15) is 10.1 Å². The van der Waals surface area contributed by atoms with Gasteiger partial charge in [0.2, 0.25) is 5.75 Å². The second-order valence-corrected chi connectivity index (χ2v) is 5.00. The number of nitro benzene ring substituents is 1. The second kappa shape index (κ2) is 8.46. The van der Waals surface area contributed by atoms with E-state index >= 15 is 0 Å². The highest BCUT2D eigenvalue weighted by atomic mass is 16.6. The Balaban J connectivity index is 3.17. The van der Waals surface area contributed by atoms with E-state index in [1.807, 2.05) is 26.8 Å². The number of nitrogens with two attached hydrogens (primary N) is 1. The number of hydrogen-bond donors (Lipinski definition) is 1. The normalized spacial score (nSPS) is 12.0. The number of aryl methyl sites for hydroxylation is 1. The van der Waals surface area contributed by atoms with Crippen LogP contribution >= 0.6 is 0 Å². The molecule has 1 atom stereocenters. The molecule has 0 aliphatic rings. The van der Waals surface area contributed by atoms with Crippen molar-refractivity contribution in [3.05, 3.63) is 27.8 Å². The van der Waals surface area contributed by atoms with E-state index in [4.69, 9.17) is 15.2 Å². The lowest BCUT2D eigenvalue weighted by Gasteiger charge is -2.14. The van der Waals surface area contributed by atoms with Crippen molar-refractivity contribution in [1.82, 2.24) is 0 Å². The molecule has 2 N–H and O–H groups in total. The third-order valence-electron chi connectivity index (χ3n) is 2.93. The lowest BCUT2D eigenvalue weighted by molar-refractivity contribution is -0.386. The topological polar surface area (TPSA) is 87.6 Å². The number of rotatable bonds is 9. The Bertz CT molecular complexity index is 475. The maximum Gasteiger partial charge on any atom is 0.315 e. The molecule has 0 amide bonds. The van der Waals surface area contributed by atoms with Gasteiger partial charge in [0.1, 0.15) is 0 Å². The van der Waals surface area contributed by atoms with Crippen molar-refractivity contribution in [1.29, 1.82) is 0 Å². The Kier molecular flexibility index (Phi) is 6.94. The average Bonchev–Trinajstić information content (AvgIpc) is 2.43. The largest absolute Gasteiger partial charge is 0.490 e. The van der Waals surface area contributed by atoms with E-state index in [2.05, 4.69) is 0 Å². The van der Waals surface area contributed by atoms with Gasteiger partial charge in [-0.1, -0.05) is 6.92 Å². The summed E-state index contributed by atoms with van der Waals surface area (Å²) in [5.41, 5.74) is 6.53. The van der Waals surface area contributed by atoms with Gasteiger partial charge in [-0.2, -0.15) is 0 Å². The minimum absolute atomic E-state index is 0.0472. The molecule has 21 heavy (non-hydrogen) atoms. The van der Waals surface area contributed by atoms with Crippen LogP contribution in [0.2, 0.25) is 0 Å². The monoisotopic (exact) mass is 296 g/mol. The fourth-order valence-corrected chi connectivity index (χ4v) is 1.93. The van der Waals surface area contributed by atoms with E-state index in [0.29, 0.717) is 25.4 Å². The quantitative estimate of drug-likeness (QED) is 0.559. The van der Waals surface area contributed by atoms with Crippen LogP contribution in [0, 0.1) is 10.1 Å². The fraction of sp³-hybridized carbons (Fsp3) is 0.600. The predicted molar refractivity (Wildman–Crippen MR) is 82.0 cm³/mol. The molecule has 6 heteroatoms. The molecule has 0 saturated carbocycles. The van der Waals surface area contributed by atoms with Crippen molar-refractivity contribution < 1.29 is 14.4 Å². The van der Waals surface area contributed by atoms with Crippen molar-refractivity contribution in [3.63, 3.8) is 0 Å².